The van der Waals surface area contributed by atoms with E-state index < -0.39 is 0 Å². The maximum atomic E-state index is 13.3. The highest BCUT2D eigenvalue weighted by Gasteiger charge is 2.39. The zero-order valence-electron chi connectivity index (χ0n) is 16.3. The summed E-state index contributed by atoms with van der Waals surface area (Å²) in [5.41, 5.74) is 0.973. The summed E-state index contributed by atoms with van der Waals surface area (Å²) in [4.78, 5) is 26.4. The first-order valence-corrected chi connectivity index (χ1v) is 9.97. The van der Waals surface area contributed by atoms with E-state index in [0.29, 0.717) is 12.6 Å². The van der Waals surface area contributed by atoms with Gasteiger partial charge in [0.1, 0.15) is 11.9 Å². The van der Waals surface area contributed by atoms with Crippen molar-refractivity contribution < 1.29 is 9.53 Å². The van der Waals surface area contributed by atoms with Crippen LogP contribution in [0, 0.1) is 0 Å². The van der Waals surface area contributed by atoms with Crippen LogP contribution in [0.25, 0.3) is 0 Å². The van der Waals surface area contributed by atoms with Gasteiger partial charge >= 0.3 is 0 Å². The van der Waals surface area contributed by atoms with Crippen molar-refractivity contribution in [3.63, 3.8) is 0 Å². The fourth-order valence-electron chi connectivity index (χ4n) is 4.17. The van der Waals surface area contributed by atoms with Gasteiger partial charge in [-0.2, -0.15) is 4.98 Å². The number of nitrogens with one attached hydrogen (secondary N) is 1. The van der Waals surface area contributed by atoms with Crippen molar-refractivity contribution >= 4 is 23.4 Å². The van der Waals surface area contributed by atoms with Gasteiger partial charge in [0, 0.05) is 32.1 Å². The van der Waals surface area contributed by atoms with Crippen molar-refractivity contribution in [1.82, 2.24) is 14.9 Å². The number of amides is 1. The summed E-state index contributed by atoms with van der Waals surface area (Å²) < 4.78 is 5.31. The Bertz CT molecular complexity index is 800. The molecule has 0 aliphatic carbocycles. The lowest BCUT2D eigenvalue weighted by Crippen LogP contribution is -2.49. The second-order valence-electron chi connectivity index (χ2n) is 7.37. The molecule has 3 heterocycles. The minimum Gasteiger partial charge on any atom is -0.383 e. The van der Waals surface area contributed by atoms with Crippen LogP contribution < -0.4 is 10.2 Å². The van der Waals surface area contributed by atoms with E-state index in [0.717, 1.165) is 50.3 Å². The fourth-order valence-corrected chi connectivity index (χ4v) is 4.17. The lowest BCUT2D eigenvalue weighted by atomic mass is 10.1. The van der Waals surface area contributed by atoms with Gasteiger partial charge in [-0.3, -0.25) is 4.79 Å². The first-order chi connectivity index (χ1) is 13.8. The third-order valence-corrected chi connectivity index (χ3v) is 5.50. The van der Waals surface area contributed by atoms with Gasteiger partial charge in [0.2, 0.25) is 11.9 Å². The average Bonchev–Trinajstić information content (AvgIpc) is 3.38. The number of aromatic nitrogens is 2. The molecule has 0 bridgehead atoms. The molecule has 2 aromatic rings. The van der Waals surface area contributed by atoms with Crippen molar-refractivity contribution in [3.05, 3.63) is 42.6 Å². The van der Waals surface area contributed by atoms with Gasteiger partial charge in [0.25, 0.3) is 0 Å². The minimum absolute atomic E-state index is 0.182. The van der Waals surface area contributed by atoms with Crippen LogP contribution in [0.3, 0.4) is 0 Å². The van der Waals surface area contributed by atoms with Crippen molar-refractivity contribution in [2.24, 2.45) is 0 Å². The molecule has 0 radical (unpaired) electrons. The summed E-state index contributed by atoms with van der Waals surface area (Å²) in [6.07, 6.45) is 5.61. The maximum Gasteiger partial charge on any atom is 0.245 e. The lowest BCUT2D eigenvalue weighted by molar-refractivity contribution is -0.134. The highest BCUT2D eigenvalue weighted by molar-refractivity contribution is 5.86. The normalized spacial score (nSPS) is 21.9. The number of hydrogen-bond donors (Lipinski definition) is 1. The number of para-hydroxylation sites is 1. The minimum atomic E-state index is -0.190. The standard InChI is InChI=1S/C21H27N5O2/c1-28-15-17-9-5-13-25(17)20(27)18-10-6-14-26(18)21-22-12-11-19(24-21)23-16-7-3-2-4-8-16/h2-4,7-8,11-12,17-18H,5-6,9-10,13-15H2,1H3,(H,22,23,24)/t17-,18-/m0/s1. The highest BCUT2D eigenvalue weighted by atomic mass is 16.5. The van der Waals surface area contributed by atoms with Crippen LogP contribution in [-0.4, -0.2) is 59.7 Å². The molecule has 0 unspecified atom stereocenters. The molecule has 2 saturated heterocycles. The van der Waals surface area contributed by atoms with Crippen LogP contribution in [0.15, 0.2) is 42.6 Å². The quantitative estimate of drug-likeness (QED) is 0.830. The van der Waals surface area contributed by atoms with Crippen LogP contribution in [0.1, 0.15) is 25.7 Å². The molecule has 1 aromatic heterocycles. The fraction of sp³-hybridized carbons (Fsp3) is 0.476. The Hall–Kier alpha value is -2.67. The second kappa shape index (κ2) is 8.56. The van der Waals surface area contributed by atoms with E-state index in [-0.39, 0.29) is 18.0 Å². The topological polar surface area (TPSA) is 70.6 Å². The van der Waals surface area contributed by atoms with Crippen molar-refractivity contribution in [1.29, 1.82) is 0 Å². The third-order valence-electron chi connectivity index (χ3n) is 5.50. The molecule has 1 amide bonds. The summed E-state index contributed by atoms with van der Waals surface area (Å²) in [5.74, 6) is 1.52. The van der Waals surface area contributed by atoms with Gasteiger partial charge in [0.15, 0.2) is 0 Å². The molecule has 0 saturated carbocycles. The van der Waals surface area contributed by atoms with Gasteiger partial charge in [-0.25, -0.2) is 4.98 Å². The van der Waals surface area contributed by atoms with E-state index in [4.69, 9.17) is 4.74 Å². The molecule has 2 atom stereocenters. The summed E-state index contributed by atoms with van der Waals surface area (Å²) in [7, 11) is 1.70. The Labute approximate surface area is 165 Å². The molecular weight excluding hydrogens is 354 g/mol. The molecular formula is C21H27N5O2. The Morgan fingerprint density at radius 3 is 2.82 bits per heavy atom. The molecule has 7 heteroatoms. The summed E-state index contributed by atoms with van der Waals surface area (Å²) in [5, 5.41) is 3.30. The number of rotatable bonds is 6. The monoisotopic (exact) mass is 381 g/mol. The molecule has 7 nitrogen and oxygen atoms in total. The maximum absolute atomic E-state index is 13.3. The van der Waals surface area contributed by atoms with Crippen molar-refractivity contribution in [2.75, 3.05) is 37.0 Å². The van der Waals surface area contributed by atoms with Gasteiger partial charge in [-0.1, -0.05) is 18.2 Å². The number of methoxy groups -OCH3 is 1. The molecule has 4 rings (SSSR count). The van der Waals surface area contributed by atoms with E-state index >= 15 is 0 Å². The molecule has 1 N–H and O–H groups in total. The number of carbonyl (C=O) groups excluding carboxylic acids is 1. The lowest BCUT2D eigenvalue weighted by Gasteiger charge is -2.31. The number of ether oxygens (including phenoxy) is 1. The zero-order chi connectivity index (χ0) is 19.3. The number of carbonyl (C=O) groups is 1. The molecule has 28 heavy (non-hydrogen) atoms. The Balaban J connectivity index is 1.50. The smallest absolute Gasteiger partial charge is 0.245 e. The predicted octanol–water partition coefficient (Wildman–Crippen LogP) is 2.83. The summed E-state index contributed by atoms with van der Waals surface area (Å²) in [6, 6.07) is 11.8. The Kier molecular flexibility index (Phi) is 5.71. The largest absolute Gasteiger partial charge is 0.383 e. The van der Waals surface area contributed by atoms with Crippen molar-refractivity contribution in [3.8, 4) is 0 Å². The Morgan fingerprint density at radius 2 is 2.00 bits per heavy atom. The van der Waals surface area contributed by atoms with Gasteiger partial charge in [-0.05, 0) is 43.9 Å². The van der Waals surface area contributed by atoms with Crippen molar-refractivity contribution in [2.45, 2.75) is 37.8 Å². The summed E-state index contributed by atoms with van der Waals surface area (Å²) >= 11 is 0. The van der Waals surface area contributed by atoms with Crippen LogP contribution in [0.5, 0.6) is 0 Å². The van der Waals surface area contributed by atoms with E-state index in [1.807, 2.05) is 41.3 Å². The molecule has 0 spiro atoms. The Morgan fingerprint density at radius 1 is 1.18 bits per heavy atom. The van der Waals surface area contributed by atoms with E-state index in [9.17, 15) is 4.79 Å². The molecule has 1 aromatic carbocycles. The first-order valence-electron chi connectivity index (χ1n) is 9.97. The molecule has 2 fully saturated rings. The zero-order valence-corrected chi connectivity index (χ0v) is 16.3. The van der Waals surface area contributed by atoms with Crippen LogP contribution in [-0.2, 0) is 9.53 Å². The van der Waals surface area contributed by atoms with E-state index in [2.05, 4.69) is 20.2 Å². The van der Waals surface area contributed by atoms with Crippen LogP contribution >= 0.6 is 0 Å². The molecule has 2 aliphatic rings. The third kappa shape index (κ3) is 3.94. The number of anilines is 3. The SMILES string of the molecule is COC[C@@H]1CCCN1C(=O)[C@@H]1CCCN1c1nccc(Nc2ccccc2)n1. The van der Waals surface area contributed by atoms with Gasteiger partial charge in [-0.15, -0.1) is 0 Å². The molecule has 2 aliphatic heterocycles. The number of benzene rings is 1. The van der Waals surface area contributed by atoms with E-state index in [1.54, 1.807) is 13.3 Å². The van der Waals surface area contributed by atoms with Crippen LogP contribution in [0.2, 0.25) is 0 Å². The predicted molar refractivity (Wildman–Crippen MR) is 109 cm³/mol. The van der Waals surface area contributed by atoms with Crippen LogP contribution in [0.4, 0.5) is 17.5 Å². The summed E-state index contributed by atoms with van der Waals surface area (Å²) in [6.45, 7) is 2.22. The number of likely N-dealkylation sites (tertiary alicyclic amines) is 1. The first kappa shape index (κ1) is 18.7. The molecule has 148 valence electrons. The van der Waals surface area contributed by atoms with Gasteiger partial charge < -0.3 is 19.9 Å². The number of hydrogen-bond acceptors (Lipinski definition) is 6. The highest BCUT2D eigenvalue weighted by Crippen LogP contribution is 2.28. The van der Waals surface area contributed by atoms with Gasteiger partial charge in [0.05, 0.1) is 12.6 Å². The van der Waals surface area contributed by atoms with E-state index in [1.165, 1.54) is 0 Å². The average molecular weight is 381 g/mol. The number of nitrogens with zero attached hydrogens (tertiary/aromatic N) is 4. The second-order valence-corrected chi connectivity index (χ2v) is 7.37.